The Morgan fingerprint density at radius 3 is 2.65 bits per heavy atom. The molecule has 0 aliphatic carbocycles. The maximum Gasteiger partial charge on any atom is 0.336 e. The van der Waals surface area contributed by atoms with Gasteiger partial charge in [-0.2, -0.15) is 0 Å². The molecule has 0 bridgehead atoms. The minimum atomic E-state index is -1.17. The minimum Gasteiger partial charge on any atom is -0.494 e. The van der Waals surface area contributed by atoms with Crippen LogP contribution in [-0.4, -0.2) is 22.6 Å². The van der Waals surface area contributed by atoms with Crippen molar-refractivity contribution in [1.82, 2.24) is 0 Å². The third-order valence-corrected chi connectivity index (χ3v) is 3.12. The fourth-order valence-electron chi connectivity index (χ4n) is 2.12. The van der Waals surface area contributed by atoms with Crippen LogP contribution in [0, 0.1) is 10.1 Å². The molecule has 0 aliphatic heterocycles. The molecule has 23 heavy (non-hydrogen) atoms. The predicted octanol–water partition coefficient (Wildman–Crippen LogP) is 3.62. The normalized spacial score (nSPS) is 11.1. The molecule has 6 nitrogen and oxygen atoms in total. The molecule has 0 aliphatic rings. The quantitative estimate of drug-likeness (QED) is 0.381. The van der Waals surface area contributed by atoms with Crippen molar-refractivity contribution in [3.05, 3.63) is 69.8 Å². The molecule has 1 N–H and O–H groups in total. The predicted molar refractivity (Wildman–Crippen MR) is 86.2 cm³/mol. The van der Waals surface area contributed by atoms with Crippen molar-refractivity contribution in [2.75, 3.05) is 6.61 Å². The van der Waals surface area contributed by atoms with E-state index in [9.17, 15) is 20.0 Å². The number of benzene rings is 2. The summed E-state index contributed by atoms with van der Waals surface area (Å²) in [7, 11) is 0. The highest BCUT2D eigenvalue weighted by atomic mass is 16.6. The van der Waals surface area contributed by atoms with Crippen molar-refractivity contribution < 1.29 is 19.6 Å². The van der Waals surface area contributed by atoms with Gasteiger partial charge < -0.3 is 9.84 Å². The molecular formula is C17H15NO5. The van der Waals surface area contributed by atoms with Crippen molar-refractivity contribution in [2.24, 2.45) is 0 Å². The lowest BCUT2D eigenvalue weighted by atomic mass is 10.0. The number of hydrogen-bond donors (Lipinski definition) is 1. The summed E-state index contributed by atoms with van der Waals surface area (Å²) in [4.78, 5) is 22.1. The molecule has 0 heterocycles. The highest BCUT2D eigenvalue weighted by molar-refractivity contribution is 6.21. The molecule has 0 amide bonds. The molecule has 0 fully saturated rings. The van der Waals surface area contributed by atoms with Gasteiger partial charge in [-0.25, -0.2) is 4.79 Å². The minimum absolute atomic E-state index is 0.0409. The third kappa shape index (κ3) is 3.94. The number of nitro benzene ring substituents is 1. The average molecular weight is 313 g/mol. The first-order valence-electron chi connectivity index (χ1n) is 6.94. The van der Waals surface area contributed by atoms with Gasteiger partial charge in [-0.3, -0.25) is 10.1 Å². The number of rotatable bonds is 6. The first kappa shape index (κ1) is 16.2. The van der Waals surface area contributed by atoms with E-state index in [0.717, 1.165) is 0 Å². The zero-order valence-electron chi connectivity index (χ0n) is 12.4. The molecule has 0 radical (unpaired) electrons. The topological polar surface area (TPSA) is 89.7 Å². The van der Waals surface area contributed by atoms with Crippen LogP contribution in [0.15, 0.2) is 48.5 Å². The zero-order valence-corrected chi connectivity index (χ0v) is 12.4. The number of carbonyl (C=O) groups is 1. The first-order chi connectivity index (χ1) is 11.0. The molecule has 2 rings (SSSR count). The maximum absolute atomic E-state index is 11.6. The van der Waals surface area contributed by atoms with Crippen LogP contribution in [0.5, 0.6) is 5.75 Å². The van der Waals surface area contributed by atoms with Gasteiger partial charge in [-0.1, -0.05) is 24.3 Å². The highest BCUT2D eigenvalue weighted by Crippen LogP contribution is 2.26. The second kappa shape index (κ2) is 7.22. The van der Waals surface area contributed by atoms with Gasteiger partial charge in [0, 0.05) is 6.07 Å². The van der Waals surface area contributed by atoms with Gasteiger partial charge in [0.05, 0.1) is 22.7 Å². The fourth-order valence-corrected chi connectivity index (χ4v) is 2.12. The van der Waals surface area contributed by atoms with Crippen LogP contribution >= 0.6 is 0 Å². The Kier molecular flexibility index (Phi) is 5.09. The summed E-state index contributed by atoms with van der Waals surface area (Å²) < 4.78 is 5.36. The second-order valence-electron chi connectivity index (χ2n) is 4.64. The lowest BCUT2D eigenvalue weighted by Gasteiger charge is -2.07. The number of ether oxygens (including phenoxy) is 1. The van der Waals surface area contributed by atoms with Crippen LogP contribution < -0.4 is 4.74 Å². The van der Waals surface area contributed by atoms with E-state index in [-0.39, 0.29) is 16.8 Å². The van der Waals surface area contributed by atoms with E-state index in [1.807, 2.05) is 6.92 Å². The molecule has 2 aromatic carbocycles. The van der Waals surface area contributed by atoms with Crippen LogP contribution in [0.25, 0.3) is 11.6 Å². The summed E-state index contributed by atoms with van der Waals surface area (Å²) in [5.74, 6) is -0.628. The molecular weight excluding hydrogens is 298 g/mol. The molecule has 0 saturated carbocycles. The van der Waals surface area contributed by atoms with E-state index in [1.165, 1.54) is 24.3 Å². The van der Waals surface area contributed by atoms with Crippen molar-refractivity contribution in [3.8, 4) is 5.75 Å². The Morgan fingerprint density at radius 2 is 2.00 bits per heavy atom. The molecule has 0 spiro atoms. The largest absolute Gasteiger partial charge is 0.494 e. The standard InChI is InChI=1S/C17H15NO5/c1-2-23-14-8-5-7-12(10-14)15(17(19)20)11-13-6-3-4-9-16(13)18(21)22/h3-11H,2H2,1H3,(H,19,20)/b15-11-. The summed E-state index contributed by atoms with van der Waals surface area (Å²) in [6.45, 7) is 2.29. The van der Waals surface area contributed by atoms with Crippen molar-refractivity contribution in [1.29, 1.82) is 0 Å². The van der Waals surface area contributed by atoms with E-state index in [1.54, 1.807) is 30.3 Å². The summed E-state index contributed by atoms with van der Waals surface area (Å²) in [5, 5.41) is 20.5. The second-order valence-corrected chi connectivity index (χ2v) is 4.64. The molecule has 2 aromatic rings. The van der Waals surface area contributed by atoms with Crippen LogP contribution in [0.3, 0.4) is 0 Å². The first-order valence-corrected chi connectivity index (χ1v) is 6.94. The molecule has 0 unspecified atom stereocenters. The Bertz CT molecular complexity index is 767. The molecule has 0 saturated heterocycles. The third-order valence-electron chi connectivity index (χ3n) is 3.12. The number of para-hydroxylation sites is 1. The lowest BCUT2D eigenvalue weighted by Crippen LogP contribution is -2.01. The van der Waals surface area contributed by atoms with E-state index in [2.05, 4.69) is 0 Å². The van der Waals surface area contributed by atoms with Crippen molar-refractivity contribution >= 4 is 23.3 Å². The average Bonchev–Trinajstić information content (AvgIpc) is 2.53. The van der Waals surface area contributed by atoms with Gasteiger partial charge in [-0.15, -0.1) is 0 Å². The number of nitro groups is 1. The Balaban J connectivity index is 2.53. The van der Waals surface area contributed by atoms with Crippen molar-refractivity contribution in [2.45, 2.75) is 6.92 Å². The molecule has 118 valence electrons. The Labute approximate surface area is 132 Å². The Hall–Kier alpha value is -3.15. The number of aliphatic carboxylic acids is 1. The van der Waals surface area contributed by atoms with Gasteiger partial charge >= 0.3 is 5.97 Å². The Morgan fingerprint density at radius 1 is 1.26 bits per heavy atom. The number of hydrogen-bond acceptors (Lipinski definition) is 4. The van der Waals surface area contributed by atoms with Gasteiger partial charge in [0.25, 0.3) is 5.69 Å². The summed E-state index contributed by atoms with van der Waals surface area (Å²) in [5.41, 5.74) is 0.464. The monoisotopic (exact) mass is 313 g/mol. The smallest absolute Gasteiger partial charge is 0.336 e. The summed E-state index contributed by atoms with van der Waals surface area (Å²) >= 11 is 0. The number of carboxylic acid groups (broad SMARTS) is 1. The van der Waals surface area contributed by atoms with Crippen LogP contribution in [-0.2, 0) is 4.79 Å². The maximum atomic E-state index is 11.6. The SMILES string of the molecule is CCOc1cccc(/C(=C/c2ccccc2[N+](=O)[O-])C(=O)O)c1. The van der Waals surface area contributed by atoms with E-state index in [0.29, 0.717) is 17.9 Å². The number of nitrogens with zero attached hydrogens (tertiary/aromatic N) is 1. The fraction of sp³-hybridized carbons (Fsp3) is 0.118. The van der Waals surface area contributed by atoms with Crippen LogP contribution in [0.1, 0.15) is 18.1 Å². The van der Waals surface area contributed by atoms with Gasteiger partial charge in [0.2, 0.25) is 0 Å². The molecule has 0 atom stereocenters. The summed E-state index contributed by atoms with van der Waals surface area (Å²) in [6, 6.07) is 12.6. The van der Waals surface area contributed by atoms with Crippen LogP contribution in [0.4, 0.5) is 5.69 Å². The van der Waals surface area contributed by atoms with Gasteiger partial charge in [0.1, 0.15) is 5.75 Å². The summed E-state index contributed by atoms with van der Waals surface area (Å²) in [6.07, 6.45) is 1.30. The van der Waals surface area contributed by atoms with Crippen molar-refractivity contribution in [3.63, 3.8) is 0 Å². The van der Waals surface area contributed by atoms with E-state index in [4.69, 9.17) is 4.74 Å². The zero-order chi connectivity index (χ0) is 16.8. The molecule has 6 heteroatoms. The molecule has 0 aromatic heterocycles. The van der Waals surface area contributed by atoms with E-state index < -0.39 is 10.9 Å². The van der Waals surface area contributed by atoms with Gasteiger partial charge in [0.15, 0.2) is 0 Å². The lowest BCUT2D eigenvalue weighted by molar-refractivity contribution is -0.385. The van der Waals surface area contributed by atoms with Gasteiger partial charge in [-0.05, 0) is 36.8 Å². The number of carboxylic acids is 1. The van der Waals surface area contributed by atoms with Crippen LogP contribution in [0.2, 0.25) is 0 Å². The highest BCUT2D eigenvalue weighted by Gasteiger charge is 2.16. The van der Waals surface area contributed by atoms with E-state index >= 15 is 0 Å².